The summed E-state index contributed by atoms with van der Waals surface area (Å²) in [5.74, 6) is -0.643. The van der Waals surface area contributed by atoms with E-state index in [0.717, 1.165) is 0 Å². The molecule has 7 heteroatoms. The van der Waals surface area contributed by atoms with Crippen LogP contribution in [0.2, 0.25) is 0 Å². The smallest absolute Gasteiger partial charge is 0.410 e. The first-order chi connectivity index (χ1) is 11.6. The fourth-order valence-electron chi connectivity index (χ4n) is 2.94. The molecule has 1 aliphatic rings. The van der Waals surface area contributed by atoms with E-state index in [1.165, 1.54) is 0 Å². The number of likely N-dealkylation sites (tertiary alicyclic amines) is 1. The highest BCUT2D eigenvalue weighted by Gasteiger charge is 2.41. The summed E-state index contributed by atoms with van der Waals surface area (Å²) in [5, 5.41) is 0. The molecule has 1 rings (SSSR count). The van der Waals surface area contributed by atoms with Crippen LogP contribution < -0.4 is 0 Å². The summed E-state index contributed by atoms with van der Waals surface area (Å²) < 4.78 is 15.5. The van der Waals surface area contributed by atoms with Crippen molar-refractivity contribution in [1.82, 2.24) is 4.90 Å². The van der Waals surface area contributed by atoms with Gasteiger partial charge in [0, 0.05) is 13.1 Å². The Morgan fingerprint density at radius 1 is 0.920 bits per heavy atom. The van der Waals surface area contributed by atoms with Crippen LogP contribution in [0.5, 0.6) is 0 Å². The summed E-state index contributed by atoms with van der Waals surface area (Å²) in [6, 6.07) is 0. The van der Waals surface area contributed by atoms with E-state index in [1.807, 2.05) is 20.8 Å². The number of hydrogen-bond acceptors (Lipinski definition) is 6. The number of esters is 2. The minimum absolute atomic E-state index is 0.155. The molecule has 7 nitrogen and oxygen atoms in total. The van der Waals surface area contributed by atoms with Crippen molar-refractivity contribution in [2.24, 2.45) is 5.41 Å². The van der Waals surface area contributed by atoms with Gasteiger partial charge in [-0.3, -0.25) is 9.59 Å². The van der Waals surface area contributed by atoms with Gasteiger partial charge in [0.2, 0.25) is 0 Å². The van der Waals surface area contributed by atoms with E-state index in [9.17, 15) is 14.4 Å². The first-order valence-electron chi connectivity index (χ1n) is 8.90. The number of nitrogens with zero attached hydrogens (tertiary/aromatic N) is 1. The monoisotopic (exact) mass is 357 g/mol. The number of carbonyl (C=O) groups is 3. The second-order valence-electron chi connectivity index (χ2n) is 7.43. The third-order valence-corrected chi connectivity index (χ3v) is 4.13. The minimum Gasteiger partial charge on any atom is -0.466 e. The van der Waals surface area contributed by atoms with E-state index >= 15 is 0 Å². The molecule has 1 fully saturated rings. The zero-order valence-corrected chi connectivity index (χ0v) is 16.1. The van der Waals surface area contributed by atoms with Gasteiger partial charge < -0.3 is 19.1 Å². The van der Waals surface area contributed by atoms with Gasteiger partial charge in [0.15, 0.2) is 0 Å². The second-order valence-corrected chi connectivity index (χ2v) is 7.43. The van der Waals surface area contributed by atoms with E-state index in [2.05, 4.69) is 0 Å². The van der Waals surface area contributed by atoms with Crippen LogP contribution in [-0.2, 0) is 23.8 Å². The van der Waals surface area contributed by atoms with Crippen molar-refractivity contribution in [1.29, 1.82) is 0 Å². The Balaban J connectivity index is 2.75. The van der Waals surface area contributed by atoms with E-state index in [-0.39, 0.29) is 30.9 Å². The third kappa shape index (κ3) is 7.32. The van der Waals surface area contributed by atoms with Crippen molar-refractivity contribution in [2.45, 2.75) is 65.9 Å². The first-order valence-corrected chi connectivity index (χ1v) is 8.90. The van der Waals surface area contributed by atoms with Crippen LogP contribution in [0.4, 0.5) is 4.79 Å². The summed E-state index contributed by atoms with van der Waals surface area (Å²) in [5.41, 5.74) is -1.08. The molecule has 1 saturated heterocycles. The minimum atomic E-state index is -0.554. The third-order valence-electron chi connectivity index (χ3n) is 4.13. The first kappa shape index (κ1) is 21.3. The molecule has 0 aromatic heterocycles. The molecule has 0 N–H and O–H groups in total. The summed E-state index contributed by atoms with van der Waals surface area (Å²) in [6.45, 7) is 10.4. The summed E-state index contributed by atoms with van der Waals surface area (Å²) in [4.78, 5) is 37.8. The van der Waals surface area contributed by atoms with Crippen LogP contribution in [0.3, 0.4) is 0 Å². The number of rotatable bonds is 6. The molecule has 0 saturated carbocycles. The normalized spacial score (nSPS) is 16.9. The predicted molar refractivity (Wildman–Crippen MR) is 92.0 cm³/mol. The van der Waals surface area contributed by atoms with Gasteiger partial charge in [0.1, 0.15) is 5.60 Å². The zero-order chi connectivity index (χ0) is 19.1. The molecule has 0 aromatic rings. The SMILES string of the molecule is CCOC(=O)CC1(CC(=O)OCC)CCN(C(=O)OC(C)(C)C)CC1. The number of amides is 1. The molecule has 0 unspecified atom stereocenters. The van der Waals surface area contributed by atoms with Crippen molar-refractivity contribution in [3.05, 3.63) is 0 Å². The van der Waals surface area contributed by atoms with Gasteiger partial charge in [-0.1, -0.05) is 0 Å². The Bertz CT molecular complexity index is 452. The second kappa shape index (κ2) is 9.06. The fraction of sp³-hybridized carbons (Fsp3) is 0.833. The van der Waals surface area contributed by atoms with E-state index in [0.29, 0.717) is 39.1 Å². The van der Waals surface area contributed by atoms with Crippen LogP contribution in [-0.4, -0.2) is 54.8 Å². The molecule has 0 aliphatic carbocycles. The number of ether oxygens (including phenoxy) is 3. The molecular formula is C18H31NO6. The van der Waals surface area contributed by atoms with Gasteiger partial charge >= 0.3 is 18.0 Å². The Kier molecular flexibility index (Phi) is 7.70. The average molecular weight is 357 g/mol. The molecule has 1 aliphatic heterocycles. The van der Waals surface area contributed by atoms with Gasteiger partial charge in [-0.25, -0.2) is 4.79 Å². The molecule has 1 heterocycles. The van der Waals surface area contributed by atoms with Crippen molar-refractivity contribution in [2.75, 3.05) is 26.3 Å². The lowest BCUT2D eigenvalue weighted by atomic mass is 9.73. The van der Waals surface area contributed by atoms with Gasteiger partial charge in [-0.15, -0.1) is 0 Å². The predicted octanol–water partition coefficient (Wildman–Crippen LogP) is 2.91. The standard InChI is InChI=1S/C18H31NO6/c1-6-23-14(20)12-18(13-15(21)24-7-2)8-10-19(11-9-18)16(22)25-17(3,4)5/h6-13H2,1-5H3. The molecular weight excluding hydrogens is 326 g/mol. The van der Waals surface area contributed by atoms with Gasteiger partial charge in [0.25, 0.3) is 0 Å². The zero-order valence-electron chi connectivity index (χ0n) is 16.1. The lowest BCUT2D eigenvalue weighted by Crippen LogP contribution is -2.46. The molecule has 0 aromatic carbocycles. The van der Waals surface area contributed by atoms with Crippen LogP contribution in [0.1, 0.15) is 60.3 Å². The van der Waals surface area contributed by atoms with Crippen molar-refractivity contribution in [3.63, 3.8) is 0 Å². The topological polar surface area (TPSA) is 82.1 Å². The van der Waals surface area contributed by atoms with Crippen LogP contribution in [0, 0.1) is 5.41 Å². The van der Waals surface area contributed by atoms with Gasteiger partial charge in [0.05, 0.1) is 26.1 Å². The van der Waals surface area contributed by atoms with Crippen LogP contribution in [0.25, 0.3) is 0 Å². The van der Waals surface area contributed by atoms with Crippen molar-refractivity contribution in [3.8, 4) is 0 Å². The van der Waals surface area contributed by atoms with Crippen LogP contribution in [0.15, 0.2) is 0 Å². The number of carbonyl (C=O) groups excluding carboxylic acids is 3. The molecule has 25 heavy (non-hydrogen) atoms. The van der Waals surface area contributed by atoms with E-state index in [1.54, 1.807) is 18.7 Å². The van der Waals surface area contributed by atoms with Gasteiger partial charge in [-0.2, -0.15) is 0 Å². The number of piperidine rings is 1. The fourth-order valence-corrected chi connectivity index (χ4v) is 2.94. The lowest BCUT2D eigenvalue weighted by molar-refractivity contribution is -0.151. The highest BCUT2D eigenvalue weighted by Crippen LogP contribution is 2.39. The lowest BCUT2D eigenvalue weighted by Gasteiger charge is -2.41. The quantitative estimate of drug-likeness (QED) is 0.537. The molecule has 0 spiro atoms. The van der Waals surface area contributed by atoms with E-state index in [4.69, 9.17) is 14.2 Å². The molecule has 1 amide bonds. The van der Waals surface area contributed by atoms with Crippen molar-refractivity contribution >= 4 is 18.0 Å². The Morgan fingerprint density at radius 2 is 1.36 bits per heavy atom. The Labute approximate surface area is 150 Å². The van der Waals surface area contributed by atoms with Crippen LogP contribution >= 0.6 is 0 Å². The molecule has 0 atom stereocenters. The summed E-state index contributed by atoms with van der Waals surface area (Å²) >= 11 is 0. The van der Waals surface area contributed by atoms with E-state index < -0.39 is 11.0 Å². The maximum Gasteiger partial charge on any atom is 0.410 e. The van der Waals surface area contributed by atoms with Gasteiger partial charge in [-0.05, 0) is 52.9 Å². The largest absolute Gasteiger partial charge is 0.466 e. The van der Waals surface area contributed by atoms with Crippen molar-refractivity contribution < 1.29 is 28.6 Å². The Morgan fingerprint density at radius 3 is 1.72 bits per heavy atom. The maximum atomic E-state index is 12.2. The molecule has 0 radical (unpaired) electrons. The Hall–Kier alpha value is -1.79. The summed E-state index contributed by atoms with van der Waals surface area (Å²) in [6.07, 6.45) is 1.01. The highest BCUT2D eigenvalue weighted by atomic mass is 16.6. The highest BCUT2D eigenvalue weighted by molar-refractivity contribution is 5.74. The maximum absolute atomic E-state index is 12.2. The molecule has 0 bridgehead atoms. The summed E-state index contributed by atoms with van der Waals surface area (Å²) in [7, 11) is 0. The average Bonchev–Trinajstić information content (AvgIpc) is 2.46. The molecule has 144 valence electrons. The number of hydrogen-bond donors (Lipinski definition) is 0.